The highest BCUT2D eigenvalue weighted by Crippen LogP contribution is 2.38. The van der Waals surface area contributed by atoms with Crippen molar-refractivity contribution in [1.82, 2.24) is 25.2 Å². The molecule has 0 unspecified atom stereocenters. The average Bonchev–Trinajstić information content (AvgIpc) is 3.50. The Morgan fingerprint density at radius 3 is 2.50 bits per heavy atom. The molecule has 0 aliphatic heterocycles. The fraction of sp³-hybridized carbons (Fsp3) is 0.217. The van der Waals surface area contributed by atoms with Gasteiger partial charge in [-0.25, -0.2) is 4.68 Å². The molecule has 1 atom stereocenters. The third-order valence-corrected chi connectivity index (χ3v) is 4.98. The van der Waals surface area contributed by atoms with Gasteiger partial charge >= 0.3 is 6.18 Å². The molecule has 176 valence electrons. The summed E-state index contributed by atoms with van der Waals surface area (Å²) in [5.41, 5.74) is -0.369. The molecule has 0 aliphatic carbocycles. The summed E-state index contributed by atoms with van der Waals surface area (Å²) in [4.78, 5) is 16.0. The van der Waals surface area contributed by atoms with Gasteiger partial charge in [0.05, 0.1) is 17.4 Å². The van der Waals surface area contributed by atoms with E-state index >= 15 is 0 Å². The maximum atomic E-state index is 13.9. The average molecular weight is 471 g/mol. The molecule has 2 aromatic heterocycles. The zero-order valence-corrected chi connectivity index (χ0v) is 18.0. The van der Waals surface area contributed by atoms with E-state index in [1.165, 1.54) is 24.3 Å². The van der Waals surface area contributed by atoms with Crippen molar-refractivity contribution in [1.29, 1.82) is 0 Å². The molecule has 11 heteroatoms. The van der Waals surface area contributed by atoms with Crippen molar-refractivity contribution in [3.8, 4) is 28.5 Å². The van der Waals surface area contributed by atoms with E-state index in [9.17, 15) is 23.1 Å². The molecule has 2 heterocycles. The van der Waals surface area contributed by atoms with Crippen LogP contribution in [0.1, 0.15) is 30.7 Å². The van der Waals surface area contributed by atoms with Gasteiger partial charge < -0.3 is 14.9 Å². The van der Waals surface area contributed by atoms with Crippen LogP contribution in [0.4, 0.5) is 13.2 Å². The predicted molar refractivity (Wildman–Crippen MR) is 116 cm³/mol. The van der Waals surface area contributed by atoms with E-state index in [0.717, 1.165) is 17.3 Å². The second-order valence-electron chi connectivity index (χ2n) is 7.39. The van der Waals surface area contributed by atoms with Crippen molar-refractivity contribution in [2.45, 2.75) is 25.6 Å². The minimum atomic E-state index is -4.73. The van der Waals surface area contributed by atoms with Gasteiger partial charge in [-0.05, 0) is 24.1 Å². The summed E-state index contributed by atoms with van der Waals surface area (Å²) in [6.45, 7) is 2.34. The number of hydrogen-bond acceptors (Lipinski definition) is 6. The summed E-state index contributed by atoms with van der Waals surface area (Å²) < 4.78 is 47.6. The van der Waals surface area contributed by atoms with Crippen LogP contribution in [0, 0.1) is 0 Å². The van der Waals surface area contributed by atoms with Crippen molar-refractivity contribution >= 4 is 5.91 Å². The second kappa shape index (κ2) is 9.48. The van der Waals surface area contributed by atoms with E-state index in [4.69, 9.17) is 4.52 Å². The number of benzene rings is 2. The van der Waals surface area contributed by atoms with Crippen molar-refractivity contribution < 1.29 is 27.6 Å². The van der Waals surface area contributed by atoms with Gasteiger partial charge in [0.25, 0.3) is 11.8 Å². The van der Waals surface area contributed by atoms with Crippen LogP contribution in [-0.4, -0.2) is 37.5 Å². The van der Waals surface area contributed by atoms with Gasteiger partial charge in [-0.15, -0.1) is 0 Å². The number of carbonyl (C=O) groups is 1. The van der Waals surface area contributed by atoms with Gasteiger partial charge in [-0.2, -0.15) is 23.3 Å². The number of hydrogen-bond donors (Lipinski definition) is 2. The number of aliphatic hydroxyl groups is 1. The Hall–Kier alpha value is -3.99. The third-order valence-electron chi connectivity index (χ3n) is 4.98. The molecule has 4 rings (SSSR count). The Kier molecular flexibility index (Phi) is 6.46. The molecule has 0 fully saturated rings. The fourth-order valence-corrected chi connectivity index (χ4v) is 3.30. The predicted octanol–water partition coefficient (Wildman–Crippen LogP) is 4.17. The van der Waals surface area contributed by atoms with Gasteiger partial charge in [0, 0.05) is 12.1 Å². The first-order valence-electron chi connectivity index (χ1n) is 10.4. The minimum Gasteiger partial charge on any atom is -0.378 e. The molecule has 1 amide bonds. The molecule has 0 saturated heterocycles. The van der Waals surface area contributed by atoms with E-state index in [1.807, 2.05) is 6.92 Å². The first-order valence-corrected chi connectivity index (χ1v) is 10.4. The standard InChI is InChI=1S/C23H20F3N5O3/c1-2-12-27-21(33)18(32)14-8-10-15(11-9-14)20-29-22(34-30-20)17-13-28-31(19(17)23(24,25)26)16-6-4-3-5-7-16/h3-11,13,18,32H,2,12H2,1H3,(H,27,33)/t18-/m1/s1. The highest BCUT2D eigenvalue weighted by atomic mass is 19.4. The molecule has 2 aromatic carbocycles. The Labute approximate surface area is 192 Å². The quantitative estimate of drug-likeness (QED) is 0.419. The van der Waals surface area contributed by atoms with Crippen LogP contribution in [0.2, 0.25) is 0 Å². The van der Waals surface area contributed by atoms with Crippen LogP contribution in [0.25, 0.3) is 28.5 Å². The maximum Gasteiger partial charge on any atom is 0.434 e. The molecule has 0 radical (unpaired) electrons. The van der Waals surface area contributed by atoms with Crippen LogP contribution in [0.5, 0.6) is 0 Å². The number of alkyl halides is 3. The summed E-state index contributed by atoms with van der Waals surface area (Å²) in [6.07, 6.45) is -4.31. The van der Waals surface area contributed by atoms with Gasteiger partial charge in [-0.1, -0.05) is 54.5 Å². The van der Waals surface area contributed by atoms with Gasteiger partial charge in [0.2, 0.25) is 5.82 Å². The second-order valence-corrected chi connectivity index (χ2v) is 7.39. The highest BCUT2D eigenvalue weighted by molar-refractivity contribution is 5.82. The van der Waals surface area contributed by atoms with Crippen molar-refractivity contribution in [2.75, 3.05) is 6.54 Å². The summed E-state index contributed by atoms with van der Waals surface area (Å²) >= 11 is 0. The molecular weight excluding hydrogens is 451 g/mol. The van der Waals surface area contributed by atoms with Gasteiger partial charge in [0.1, 0.15) is 0 Å². The number of para-hydroxylation sites is 1. The smallest absolute Gasteiger partial charge is 0.378 e. The Balaban J connectivity index is 1.62. The molecule has 0 bridgehead atoms. The van der Waals surface area contributed by atoms with E-state index in [2.05, 4.69) is 20.6 Å². The van der Waals surface area contributed by atoms with Crippen molar-refractivity contribution in [3.05, 3.63) is 72.1 Å². The lowest BCUT2D eigenvalue weighted by Crippen LogP contribution is -2.29. The first kappa shape index (κ1) is 23.2. The lowest BCUT2D eigenvalue weighted by molar-refractivity contribution is -0.142. The van der Waals surface area contributed by atoms with Crippen molar-refractivity contribution in [2.24, 2.45) is 0 Å². The molecule has 8 nitrogen and oxygen atoms in total. The topological polar surface area (TPSA) is 106 Å². The minimum absolute atomic E-state index is 0.0482. The number of aliphatic hydroxyl groups excluding tert-OH is 1. The Bertz CT molecular complexity index is 1270. The van der Waals surface area contributed by atoms with Gasteiger partial charge in [0.15, 0.2) is 11.8 Å². The van der Waals surface area contributed by atoms with Crippen LogP contribution in [-0.2, 0) is 11.0 Å². The summed E-state index contributed by atoms with van der Waals surface area (Å²) in [5.74, 6) is -0.814. The largest absolute Gasteiger partial charge is 0.434 e. The van der Waals surface area contributed by atoms with Crippen LogP contribution in [0.15, 0.2) is 65.3 Å². The third kappa shape index (κ3) is 4.69. The number of nitrogens with one attached hydrogen (secondary N) is 1. The summed E-state index contributed by atoms with van der Waals surface area (Å²) in [7, 11) is 0. The van der Waals surface area contributed by atoms with E-state index in [1.54, 1.807) is 30.3 Å². The Morgan fingerprint density at radius 1 is 1.15 bits per heavy atom. The number of amides is 1. The van der Waals surface area contributed by atoms with Crippen LogP contribution in [0.3, 0.4) is 0 Å². The van der Waals surface area contributed by atoms with Gasteiger partial charge in [-0.3, -0.25) is 4.79 Å². The molecule has 0 spiro atoms. The number of nitrogens with zero attached hydrogens (tertiary/aromatic N) is 4. The summed E-state index contributed by atoms with van der Waals surface area (Å²) in [6, 6.07) is 14.0. The SMILES string of the molecule is CCCNC(=O)[C@H](O)c1ccc(-c2noc(-c3cnn(-c4ccccc4)c3C(F)(F)F)n2)cc1. The molecule has 34 heavy (non-hydrogen) atoms. The zero-order chi connectivity index (χ0) is 24.3. The Morgan fingerprint density at radius 2 is 1.85 bits per heavy atom. The van der Waals surface area contributed by atoms with Crippen molar-refractivity contribution in [3.63, 3.8) is 0 Å². The van der Waals surface area contributed by atoms with Crippen LogP contribution >= 0.6 is 0 Å². The number of carbonyl (C=O) groups excluding carboxylic acids is 1. The monoisotopic (exact) mass is 471 g/mol. The molecule has 0 aliphatic rings. The summed E-state index contributed by atoms with van der Waals surface area (Å²) in [5, 5.41) is 20.4. The van der Waals surface area contributed by atoms with Crippen LogP contribution < -0.4 is 5.32 Å². The number of rotatable bonds is 7. The van der Waals surface area contributed by atoms with E-state index < -0.39 is 23.9 Å². The van der Waals surface area contributed by atoms with E-state index in [0.29, 0.717) is 17.7 Å². The molecule has 2 N–H and O–H groups in total. The lowest BCUT2D eigenvalue weighted by Gasteiger charge is -2.11. The first-order chi connectivity index (χ1) is 16.3. The van der Waals surface area contributed by atoms with E-state index in [-0.39, 0.29) is 23.0 Å². The molecule has 4 aromatic rings. The maximum absolute atomic E-state index is 13.9. The highest BCUT2D eigenvalue weighted by Gasteiger charge is 2.40. The normalized spacial score (nSPS) is 12.5. The number of aromatic nitrogens is 4. The molecule has 0 saturated carbocycles. The molecular formula is C23H20F3N5O3. The zero-order valence-electron chi connectivity index (χ0n) is 18.0. The fourth-order valence-electron chi connectivity index (χ4n) is 3.30. The lowest BCUT2D eigenvalue weighted by atomic mass is 10.1. The number of halogens is 3.